The zero-order valence-electron chi connectivity index (χ0n) is 9.61. The van der Waals surface area contributed by atoms with Crippen molar-refractivity contribution in [1.29, 1.82) is 0 Å². The lowest BCUT2D eigenvalue weighted by atomic mass is 9.98. The van der Waals surface area contributed by atoms with Crippen molar-refractivity contribution >= 4 is 17.3 Å². The molecule has 0 aromatic carbocycles. The van der Waals surface area contributed by atoms with E-state index >= 15 is 0 Å². The second-order valence-electron chi connectivity index (χ2n) is 3.83. The zero-order valence-corrected chi connectivity index (χ0v) is 10.4. The van der Waals surface area contributed by atoms with Gasteiger partial charge in [-0.3, -0.25) is 15.1 Å². The minimum absolute atomic E-state index is 0.0918. The summed E-state index contributed by atoms with van der Waals surface area (Å²) in [5.74, 6) is -0.119. The number of nitro groups is 1. The average molecular weight is 243 g/mol. The quantitative estimate of drug-likeness (QED) is 0.462. The monoisotopic (exact) mass is 242 g/mol. The van der Waals surface area contributed by atoms with Crippen LogP contribution in [0.1, 0.15) is 37.4 Å². The molecule has 0 aliphatic heterocycles. The highest BCUT2D eigenvalue weighted by Crippen LogP contribution is 2.32. The first-order valence-electron chi connectivity index (χ1n) is 5.23. The van der Waals surface area contributed by atoms with Crippen LogP contribution in [0.15, 0.2) is 12.3 Å². The van der Waals surface area contributed by atoms with Gasteiger partial charge in [0.15, 0.2) is 0 Å². The number of aromatic nitrogens is 1. The smallest absolute Gasteiger partial charge is 0.258 e. The first kappa shape index (κ1) is 12.9. The molecule has 0 saturated heterocycles. The van der Waals surface area contributed by atoms with Gasteiger partial charge < -0.3 is 0 Å². The molecule has 4 nitrogen and oxygen atoms in total. The number of rotatable bonds is 4. The van der Waals surface area contributed by atoms with Gasteiger partial charge in [0, 0.05) is 23.1 Å². The van der Waals surface area contributed by atoms with Gasteiger partial charge in [0.05, 0.1) is 4.92 Å². The van der Waals surface area contributed by atoms with Crippen LogP contribution in [0.2, 0.25) is 0 Å². The molecule has 0 radical (unpaired) electrons. The van der Waals surface area contributed by atoms with Crippen LogP contribution in [-0.2, 0) is 0 Å². The van der Waals surface area contributed by atoms with Gasteiger partial charge in [-0.1, -0.05) is 13.8 Å². The van der Waals surface area contributed by atoms with Crippen LogP contribution in [0.4, 0.5) is 5.69 Å². The van der Waals surface area contributed by atoms with Crippen LogP contribution in [0.3, 0.4) is 0 Å². The molecule has 0 aliphatic carbocycles. The molecule has 1 aromatic heterocycles. The Morgan fingerprint density at radius 3 is 2.75 bits per heavy atom. The number of halogens is 1. The lowest BCUT2D eigenvalue weighted by Crippen LogP contribution is -2.13. The van der Waals surface area contributed by atoms with Crippen molar-refractivity contribution in [3.05, 3.63) is 33.6 Å². The Bertz CT molecular complexity index is 396. The molecule has 1 heterocycles. The van der Waals surface area contributed by atoms with E-state index in [4.69, 9.17) is 11.6 Å². The van der Waals surface area contributed by atoms with Crippen LogP contribution >= 0.6 is 11.6 Å². The normalized spacial score (nSPS) is 14.5. The summed E-state index contributed by atoms with van der Waals surface area (Å²) in [6, 6.07) is 1.64. The van der Waals surface area contributed by atoms with Crippen molar-refractivity contribution in [2.75, 3.05) is 0 Å². The number of alkyl halides is 1. The van der Waals surface area contributed by atoms with Gasteiger partial charge in [-0.25, -0.2) is 0 Å². The maximum Gasteiger partial charge on any atom is 0.293 e. The second kappa shape index (κ2) is 5.25. The van der Waals surface area contributed by atoms with E-state index in [1.807, 2.05) is 13.8 Å². The fourth-order valence-corrected chi connectivity index (χ4v) is 1.79. The van der Waals surface area contributed by atoms with Gasteiger partial charge in [-0.05, 0) is 19.4 Å². The van der Waals surface area contributed by atoms with Crippen LogP contribution in [0.25, 0.3) is 0 Å². The minimum atomic E-state index is -0.382. The molecule has 0 N–H and O–H groups in total. The molecular weight excluding hydrogens is 228 g/mol. The fourth-order valence-electron chi connectivity index (χ4n) is 1.67. The summed E-state index contributed by atoms with van der Waals surface area (Å²) in [7, 11) is 0. The van der Waals surface area contributed by atoms with E-state index in [-0.39, 0.29) is 21.9 Å². The molecule has 0 spiro atoms. The molecule has 88 valence electrons. The lowest BCUT2D eigenvalue weighted by molar-refractivity contribution is -0.386. The Labute approximate surface area is 99.8 Å². The number of aryl methyl sites for hydroxylation is 1. The highest BCUT2D eigenvalue weighted by molar-refractivity contribution is 6.21. The van der Waals surface area contributed by atoms with Crippen molar-refractivity contribution in [1.82, 2.24) is 4.98 Å². The number of hydrogen-bond acceptors (Lipinski definition) is 3. The summed E-state index contributed by atoms with van der Waals surface area (Å²) in [6.45, 7) is 5.54. The maximum absolute atomic E-state index is 11.0. The summed E-state index contributed by atoms with van der Waals surface area (Å²) >= 11 is 6.12. The molecule has 0 amide bonds. The van der Waals surface area contributed by atoms with E-state index in [0.717, 1.165) is 6.42 Å². The highest BCUT2D eigenvalue weighted by atomic mass is 35.5. The van der Waals surface area contributed by atoms with Gasteiger partial charge >= 0.3 is 0 Å². The van der Waals surface area contributed by atoms with E-state index in [0.29, 0.717) is 11.3 Å². The molecule has 16 heavy (non-hydrogen) atoms. The third-order valence-corrected chi connectivity index (χ3v) is 3.39. The standard InChI is InChI=1S/C11H15ClN2O2/c1-4-9(12)8(3)10-11(14(15)16)7(2)5-6-13-10/h5-6,8-9H,4H2,1-3H3. The summed E-state index contributed by atoms with van der Waals surface area (Å²) in [4.78, 5) is 14.7. The summed E-state index contributed by atoms with van der Waals surface area (Å²) in [5, 5.41) is 10.8. The molecule has 2 unspecified atom stereocenters. The number of hydrogen-bond donors (Lipinski definition) is 0. The fraction of sp³-hybridized carbons (Fsp3) is 0.545. The Balaban J connectivity index is 3.22. The molecule has 2 atom stereocenters. The molecule has 0 fully saturated rings. The van der Waals surface area contributed by atoms with Gasteiger partial charge in [-0.15, -0.1) is 11.6 Å². The Morgan fingerprint density at radius 2 is 2.25 bits per heavy atom. The minimum Gasteiger partial charge on any atom is -0.258 e. The number of pyridine rings is 1. The van der Waals surface area contributed by atoms with E-state index in [1.54, 1.807) is 19.2 Å². The Kier molecular flexibility index (Phi) is 4.24. The SMILES string of the molecule is CCC(Cl)C(C)c1nccc(C)c1[N+](=O)[O-]. The molecule has 0 bridgehead atoms. The molecule has 1 aromatic rings. The molecule has 0 aliphatic rings. The zero-order chi connectivity index (χ0) is 12.3. The van der Waals surface area contributed by atoms with E-state index in [9.17, 15) is 10.1 Å². The topological polar surface area (TPSA) is 56.0 Å². The number of nitrogens with zero attached hydrogens (tertiary/aromatic N) is 2. The predicted octanol–water partition coefficient (Wildman–Crippen LogP) is 3.42. The largest absolute Gasteiger partial charge is 0.293 e. The third kappa shape index (κ3) is 2.50. The Morgan fingerprint density at radius 1 is 1.62 bits per heavy atom. The first-order valence-corrected chi connectivity index (χ1v) is 5.66. The predicted molar refractivity (Wildman–Crippen MR) is 64.0 cm³/mol. The van der Waals surface area contributed by atoms with Gasteiger partial charge in [0.1, 0.15) is 5.69 Å². The summed E-state index contributed by atoms with van der Waals surface area (Å²) in [6.07, 6.45) is 2.35. The van der Waals surface area contributed by atoms with Gasteiger partial charge in [0.25, 0.3) is 5.69 Å². The highest BCUT2D eigenvalue weighted by Gasteiger charge is 2.26. The first-order chi connectivity index (χ1) is 7.49. The summed E-state index contributed by atoms with van der Waals surface area (Å²) in [5.41, 5.74) is 1.20. The van der Waals surface area contributed by atoms with Crippen molar-refractivity contribution < 1.29 is 4.92 Å². The van der Waals surface area contributed by atoms with Crippen molar-refractivity contribution in [2.24, 2.45) is 0 Å². The van der Waals surface area contributed by atoms with Crippen molar-refractivity contribution in [3.63, 3.8) is 0 Å². The molecule has 5 heteroatoms. The average Bonchev–Trinajstić information content (AvgIpc) is 2.26. The van der Waals surface area contributed by atoms with Crippen LogP contribution in [0, 0.1) is 17.0 Å². The van der Waals surface area contributed by atoms with E-state index in [1.165, 1.54) is 0 Å². The summed E-state index contributed by atoms with van der Waals surface area (Å²) < 4.78 is 0. The van der Waals surface area contributed by atoms with E-state index in [2.05, 4.69) is 4.98 Å². The molecule has 1 rings (SSSR count). The second-order valence-corrected chi connectivity index (χ2v) is 4.39. The van der Waals surface area contributed by atoms with E-state index < -0.39 is 0 Å². The maximum atomic E-state index is 11.0. The Hall–Kier alpha value is -1.16. The van der Waals surface area contributed by atoms with Crippen molar-refractivity contribution in [3.8, 4) is 0 Å². The molecular formula is C11H15ClN2O2. The third-order valence-electron chi connectivity index (χ3n) is 2.70. The van der Waals surface area contributed by atoms with Crippen LogP contribution in [0.5, 0.6) is 0 Å². The van der Waals surface area contributed by atoms with Gasteiger partial charge in [-0.2, -0.15) is 0 Å². The lowest BCUT2D eigenvalue weighted by Gasteiger charge is -2.16. The van der Waals surface area contributed by atoms with Gasteiger partial charge in [0.2, 0.25) is 0 Å². The van der Waals surface area contributed by atoms with Crippen LogP contribution < -0.4 is 0 Å². The van der Waals surface area contributed by atoms with Crippen molar-refractivity contribution in [2.45, 2.75) is 38.5 Å². The van der Waals surface area contributed by atoms with Crippen LogP contribution in [-0.4, -0.2) is 15.3 Å². The molecule has 0 saturated carbocycles.